The number of hydrogen-bond donors (Lipinski definition) is 1. The Hall–Kier alpha value is -2.32. The number of carbonyl (C=O) groups is 2. The molecular formula is C16H19F3N4O2. The average molecular weight is 356 g/mol. The first-order chi connectivity index (χ1) is 11.8. The number of hydrogen-bond acceptors (Lipinski definition) is 4. The second-order valence-corrected chi connectivity index (χ2v) is 6.23. The monoisotopic (exact) mass is 356 g/mol. The molecule has 0 radical (unpaired) electrons. The van der Waals surface area contributed by atoms with E-state index in [1.165, 1.54) is 6.07 Å². The van der Waals surface area contributed by atoms with Crippen molar-refractivity contribution in [3.8, 4) is 0 Å². The van der Waals surface area contributed by atoms with Gasteiger partial charge in [-0.05, 0) is 25.0 Å². The number of nitrogens with one attached hydrogen (secondary N) is 1. The number of alkyl halides is 3. The first kappa shape index (κ1) is 17.5. The van der Waals surface area contributed by atoms with Crippen LogP contribution in [-0.4, -0.2) is 53.9 Å². The van der Waals surface area contributed by atoms with Crippen molar-refractivity contribution in [3.63, 3.8) is 0 Å². The average Bonchev–Trinajstić information content (AvgIpc) is 2.86. The highest BCUT2D eigenvalue weighted by Crippen LogP contribution is 2.29. The molecule has 1 N–H and O–H groups in total. The molecule has 1 aromatic rings. The van der Waals surface area contributed by atoms with Gasteiger partial charge in [0.2, 0.25) is 11.8 Å². The lowest BCUT2D eigenvalue weighted by molar-refractivity contribution is -0.137. The van der Waals surface area contributed by atoms with Crippen LogP contribution in [-0.2, 0) is 15.8 Å². The number of rotatable bonds is 2. The first-order valence-corrected chi connectivity index (χ1v) is 8.21. The van der Waals surface area contributed by atoms with Crippen LogP contribution >= 0.6 is 0 Å². The van der Waals surface area contributed by atoms with E-state index in [0.29, 0.717) is 51.3 Å². The molecular weight excluding hydrogens is 337 g/mol. The number of aromatic nitrogens is 1. The molecule has 1 aromatic heterocycles. The molecule has 6 nitrogen and oxygen atoms in total. The Morgan fingerprint density at radius 1 is 1.20 bits per heavy atom. The van der Waals surface area contributed by atoms with E-state index in [1.54, 1.807) is 4.90 Å². The predicted octanol–water partition coefficient (Wildman–Crippen LogP) is 1.42. The molecule has 0 aliphatic carbocycles. The Morgan fingerprint density at radius 2 is 2.00 bits per heavy atom. The van der Waals surface area contributed by atoms with Crippen molar-refractivity contribution in [2.45, 2.75) is 31.5 Å². The SMILES string of the molecule is O=C1CC[C@@H](C(=O)N2CCCN(c3ccc(C(F)(F)F)cn3)CC2)N1. The van der Waals surface area contributed by atoms with Crippen LogP contribution in [0.3, 0.4) is 0 Å². The van der Waals surface area contributed by atoms with Gasteiger partial charge in [-0.3, -0.25) is 9.59 Å². The van der Waals surface area contributed by atoms with Gasteiger partial charge in [0, 0.05) is 38.8 Å². The van der Waals surface area contributed by atoms with Gasteiger partial charge in [0.15, 0.2) is 0 Å². The van der Waals surface area contributed by atoms with Crippen LogP contribution in [0.4, 0.5) is 19.0 Å². The molecule has 0 spiro atoms. The summed E-state index contributed by atoms with van der Waals surface area (Å²) in [6.07, 6.45) is -2.00. The highest BCUT2D eigenvalue weighted by molar-refractivity contribution is 5.90. The third-order valence-corrected chi connectivity index (χ3v) is 4.50. The van der Waals surface area contributed by atoms with Crippen molar-refractivity contribution >= 4 is 17.6 Å². The van der Waals surface area contributed by atoms with Crippen molar-refractivity contribution < 1.29 is 22.8 Å². The van der Waals surface area contributed by atoms with Crippen LogP contribution in [0.2, 0.25) is 0 Å². The van der Waals surface area contributed by atoms with Gasteiger partial charge in [-0.15, -0.1) is 0 Å². The normalized spacial score (nSPS) is 21.9. The maximum atomic E-state index is 12.6. The van der Waals surface area contributed by atoms with Crippen LogP contribution in [0.15, 0.2) is 18.3 Å². The van der Waals surface area contributed by atoms with E-state index in [2.05, 4.69) is 10.3 Å². The fraction of sp³-hybridized carbons (Fsp3) is 0.562. The summed E-state index contributed by atoms with van der Waals surface area (Å²) >= 11 is 0. The summed E-state index contributed by atoms with van der Waals surface area (Å²) in [7, 11) is 0. The molecule has 0 unspecified atom stereocenters. The van der Waals surface area contributed by atoms with E-state index in [0.717, 1.165) is 12.3 Å². The summed E-state index contributed by atoms with van der Waals surface area (Å²) < 4.78 is 37.8. The van der Waals surface area contributed by atoms with E-state index in [9.17, 15) is 22.8 Å². The topological polar surface area (TPSA) is 65.5 Å². The molecule has 2 fully saturated rings. The van der Waals surface area contributed by atoms with E-state index in [4.69, 9.17) is 0 Å². The van der Waals surface area contributed by atoms with Gasteiger partial charge in [0.05, 0.1) is 5.56 Å². The Morgan fingerprint density at radius 3 is 2.60 bits per heavy atom. The van der Waals surface area contributed by atoms with Crippen LogP contribution in [0.5, 0.6) is 0 Å². The van der Waals surface area contributed by atoms with E-state index in [-0.39, 0.29) is 11.8 Å². The zero-order chi connectivity index (χ0) is 18.0. The summed E-state index contributed by atoms with van der Waals surface area (Å²) in [5.41, 5.74) is -0.778. The van der Waals surface area contributed by atoms with Gasteiger partial charge in [0.1, 0.15) is 11.9 Å². The molecule has 136 valence electrons. The molecule has 3 heterocycles. The van der Waals surface area contributed by atoms with E-state index < -0.39 is 17.8 Å². The first-order valence-electron chi connectivity index (χ1n) is 8.21. The molecule has 25 heavy (non-hydrogen) atoms. The molecule has 0 saturated carbocycles. The molecule has 0 bridgehead atoms. The third-order valence-electron chi connectivity index (χ3n) is 4.50. The summed E-state index contributed by atoms with van der Waals surface area (Å²) in [6.45, 7) is 2.11. The number of nitrogens with zero attached hydrogens (tertiary/aromatic N) is 3. The standard InChI is InChI=1S/C16H19F3N4O2/c17-16(18,19)11-2-4-13(20-10-11)22-6-1-7-23(9-8-22)15(25)12-3-5-14(24)21-12/h2,4,10,12H,1,3,5-9H2,(H,21,24)/t12-/m0/s1. The molecule has 2 amide bonds. The number of amides is 2. The summed E-state index contributed by atoms with van der Waals surface area (Å²) in [4.78, 5) is 31.2. The lowest BCUT2D eigenvalue weighted by atomic mass is 10.2. The molecule has 3 rings (SSSR count). The minimum atomic E-state index is -4.40. The predicted molar refractivity (Wildman–Crippen MR) is 83.8 cm³/mol. The Kier molecular flexibility index (Phi) is 4.82. The second-order valence-electron chi connectivity index (χ2n) is 6.23. The molecule has 2 aliphatic heterocycles. The maximum Gasteiger partial charge on any atom is 0.417 e. The Bertz CT molecular complexity index is 648. The largest absolute Gasteiger partial charge is 0.417 e. The number of carbonyl (C=O) groups excluding carboxylic acids is 2. The zero-order valence-corrected chi connectivity index (χ0v) is 13.6. The van der Waals surface area contributed by atoms with Crippen LogP contribution in [0.25, 0.3) is 0 Å². The fourth-order valence-electron chi connectivity index (χ4n) is 3.13. The zero-order valence-electron chi connectivity index (χ0n) is 13.6. The van der Waals surface area contributed by atoms with Gasteiger partial charge >= 0.3 is 6.18 Å². The Labute approximate surface area is 143 Å². The highest BCUT2D eigenvalue weighted by Gasteiger charge is 2.32. The molecule has 1 atom stereocenters. The van der Waals surface area contributed by atoms with Crippen molar-refractivity contribution in [1.29, 1.82) is 0 Å². The number of anilines is 1. The molecule has 9 heteroatoms. The lowest BCUT2D eigenvalue weighted by Gasteiger charge is -2.25. The van der Waals surface area contributed by atoms with E-state index in [1.807, 2.05) is 4.90 Å². The lowest BCUT2D eigenvalue weighted by Crippen LogP contribution is -2.45. The molecule has 2 saturated heterocycles. The van der Waals surface area contributed by atoms with Crippen molar-refractivity contribution in [2.75, 3.05) is 31.1 Å². The number of halogens is 3. The van der Waals surface area contributed by atoms with Crippen molar-refractivity contribution in [1.82, 2.24) is 15.2 Å². The second kappa shape index (κ2) is 6.89. The minimum absolute atomic E-state index is 0.0897. The maximum absolute atomic E-state index is 12.6. The fourth-order valence-corrected chi connectivity index (χ4v) is 3.13. The van der Waals surface area contributed by atoms with Gasteiger partial charge < -0.3 is 15.1 Å². The van der Waals surface area contributed by atoms with Crippen LogP contribution in [0.1, 0.15) is 24.8 Å². The van der Waals surface area contributed by atoms with Gasteiger partial charge in [-0.25, -0.2) is 4.98 Å². The minimum Gasteiger partial charge on any atom is -0.355 e. The van der Waals surface area contributed by atoms with Gasteiger partial charge in [0.25, 0.3) is 0 Å². The van der Waals surface area contributed by atoms with Gasteiger partial charge in [-0.1, -0.05) is 0 Å². The van der Waals surface area contributed by atoms with Crippen molar-refractivity contribution in [3.05, 3.63) is 23.9 Å². The molecule has 0 aromatic carbocycles. The smallest absolute Gasteiger partial charge is 0.355 e. The summed E-state index contributed by atoms with van der Waals surface area (Å²) in [5.74, 6) is 0.272. The van der Waals surface area contributed by atoms with Crippen LogP contribution in [0, 0.1) is 0 Å². The quantitative estimate of drug-likeness (QED) is 0.870. The van der Waals surface area contributed by atoms with Crippen molar-refractivity contribution in [2.24, 2.45) is 0 Å². The van der Waals surface area contributed by atoms with E-state index >= 15 is 0 Å². The summed E-state index contributed by atoms with van der Waals surface area (Å²) in [6, 6.07) is 1.92. The van der Waals surface area contributed by atoms with Crippen LogP contribution < -0.4 is 10.2 Å². The highest BCUT2D eigenvalue weighted by atomic mass is 19.4. The number of pyridine rings is 1. The van der Waals surface area contributed by atoms with Gasteiger partial charge in [-0.2, -0.15) is 13.2 Å². The summed E-state index contributed by atoms with van der Waals surface area (Å²) in [5, 5.41) is 2.67. The third kappa shape index (κ3) is 4.02. The molecule has 2 aliphatic rings. The Balaban J connectivity index is 1.61.